The van der Waals surface area contributed by atoms with E-state index in [1.165, 1.54) is 40.7 Å². The van der Waals surface area contributed by atoms with Gasteiger partial charge in [-0.2, -0.15) is 0 Å². The van der Waals surface area contributed by atoms with E-state index in [9.17, 15) is 0 Å². The molecule has 1 fully saturated rings. The fourth-order valence-corrected chi connectivity index (χ4v) is 5.21. The maximum absolute atomic E-state index is 6.49. The third-order valence-electron chi connectivity index (χ3n) is 6.93. The summed E-state index contributed by atoms with van der Waals surface area (Å²) in [6.07, 6.45) is 29.2. The minimum Gasteiger partial charge on any atom is -0.365 e. The maximum Gasteiger partial charge on any atom is 0.0936 e. The van der Waals surface area contributed by atoms with Gasteiger partial charge in [0.15, 0.2) is 0 Å². The molecule has 5 rings (SSSR count). The Hall–Kier alpha value is -2.12. The lowest BCUT2D eigenvalue weighted by Crippen LogP contribution is -2.22. The fourth-order valence-electron chi connectivity index (χ4n) is 5.21. The average Bonchev–Trinajstić information content (AvgIpc) is 3.13. The highest BCUT2D eigenvalue weighted by Gasteiger charge is 2.41. The molecule has 0 bridgehead atoms. The molecule has 4 aliphatic carbocycles. The number of hydrogen-bond acceptors (Lipinski definition) is 1. The zero-order valence-electron chi connectivity index (χ0n) is 17.0. The lowest BCUT2D eigenvalue weighted by atomic mass is 9.79. The van der Waals surface area contributed by atoms with E-state index < -0.39 is 0 Å². The highest BCUT2D eigenvalue weighted by molar-refractivity contribution is 5.51. The van der Waals surface area contributed by atoms with Gasteiger partial charge in [-0.25, -0.2) is 0 Å². The van der Waals surface area contributed by atoms with Crippen LogP contribution < -0.4 is 0 Å². The molecule has 1 saturated heterocycles. The van der Waals surface area contributed by atoms with Crippen molar-refractivity contribution in [2.75, 3.05) is 0 Å². The highest BCUT2D eigenvalue weighted by atomic mass is 16.5. The monoisotopic (exact) mass is 370 g/mol. The standard InChI is InChI=1S/C27H30O/c1-18(2)19-10-12-20(13-11-19)21-14-16-22(17-15-21)23-7-5-8-25-24-6-3-4-9-26(24)28-27(23)25/h3-8,10,12,14,16,18,25-27H,9,11,13,15,17H2,1-2H3/t25?,26-,27?/m0/s1. The van der Waals surface area contributed by atoms with E-state index >= 15 is 0 Å². The third-order valence-corrected chi connectivity index (χ3v) is 6.93. The van der Waals surface area contributed by atoms with Crippen molar-refractivity contribution in [3.63, 3.8) is 0 Å². The van der Waals surface area contributed by atoms with Crippen molar-refractivity contribution in [1.82, 2.24) is 0 Å². The first-order valence-corrected chi connectivity index (χ1v) is 10.9. The Labute approximate surface area is 169 Å². The predicted molar refractivity (Wildman–Crippen MR) is 117 cm³/mol. The van der Waals surface area contributed by atoms with Gasteiger partial charge in [-0.1, -0.05) is 80.2 Å². The van der Waals surface area contributed by atoms with E-state index in [1.807, 2.05) is 0 Å². The van der Waals surface area contributed by atoms with Crippen LogP contribution in [0.1, 0.15) is 46.0 Å². The topological polar surface area (TPSA) is 9.23 Å². The Morgan fingerprint density at radius 3 is 2.29 bits per heavy atom. The largest absolute Gasteiger partial charge is 0.365 e. The molecular formula is C27H30O. The summed E-state index contributed by atoms with van der Waals surface area (Å²) < 4.78 is 6.49. The van der Waals surface area contributed by atoms with Gasteiger partial charge in [0.05, 0.1) is 12.2 Å². The SMILES string of the molecule is CC(C)C1=CC=C(C2=CC=C(C3=CC=CC4C5=CC=CC[C@@H]5OC34)CC2)CC1. The molecule has 3 atom stereocenters. The second-order valence-corrected chi connectivity index (χ2v) is 8.88. The molecule has 0 saturated carbocycles. The average molecular weight is 371 g/mol. The van der Waals surface area contributed by atoms with Crippen LogP contribution in [0.4, 0.5) is 0 Å². The van der Waals surface area contributed by atoms with Crippen LogP contribution in [0.25, 0.3) is 0 Å². The molecule has 28 heavy (non-hydrogen) atoms. The number of hydrogen-bond donors (Lipinski definition) is 0. The molecule has 0 aromatic heterocycles. The number of allylic oxidation sites excluding steroid dienone is 11. The molecule has 0 amide bonds. The van der Waals surface area contributed by atoms with Crippen molar-refractivity contribution in [2.24, 2.45) is 11.8 Å². The zero-order valence-corrected chi connectivity index (χ0v) is 17.0. The number of ether oxygens (including phenoxy) is 1. The molecular weight excluding hydrogens is 340 g/mol. The van der Waals surface area contributed by atoms with Crippen molar-refractivity contribution < 1.29 is 4.74 Å². The predicted octanol–water partition coefficient (Wildman–Crippen LogP) is 6.70. The smallest absolute Gasteiger partial charge is 0.0936 e. The van der Waals surface area contributed by atoms with Gasteiger partial charge in [-0.3, -0.25) is 0 Å². The van der Waals surface area contributed by atoms with Gasteiger partial charge in [0.2, 0.25) is 0 Å². The third kappa shape index (κ3) is 3.16. The van der Waals surface area contributed by atoms with Crippen LogP contribution in [0.15, 0.2) is 94.2 Å². The summed E-state index contributed by atoms with van der Waals surface area (Å²) in [5.74, 6) is 1.09. The molecule has 1 nitrogen and oxygen atoms in total. The normalized spacial score (nSPS) is 31.3. The summed E-state index contributed by atoms with van der Waals surface area (Å²) in [5, 5.41) is 0. The maximum atomic E-state index is 6.49. The van der Waals surface area contributed by atoms with E-state index in [4.69, 9.17) is 4.74 Å². The molecule has 2 unspecified atom stereocenters. The number of rotatable bonds is 3. The van der Waals surface area contributed by atoms with E-state index in [0.29, 0.717) is 11.8 Å². The summed E-state index contributed by atoms with van der Waals surface area (Å²) >= 11 is 0. The highest BCUT2D eigenvalue weighted by Crippen LogP contribution is 2.45. The lowest BCUT2D eigenvalue weighted by Gasteiger charge is -2.27. The van der Waals surface area contributed by atoms with Gasteiger partial charge < -0.3 is 4.74 Å². The molecule has 0 spiro atoms. The van der Waals surface area contributed by atoms with Gasteiger partial charge in [0.1, 0.15) is 0 Å². The summed E-state index contributed by atoms with van der Waals surface area (Å²) in [5.41, 5.74) is 8.98. The van der Waals surface area contributed by atoms with Gasteiger partial charge >= 0.3 is 0 Å². The second-order valence-electron chi connectivity index (χ2n) is 8.88. The first kappa shape index (κ1) is 17.9. The van der Waals surface area contributed by atoms with Crippen molar-refractivity contribution >= 4 is 0 Å². The van der Waals surface area contributed by atoms with Crippen LogP contribution in [0.3, 0.4) is 0 Å². The first-order valence-electron chi connectivity index (χ1n) is 10.9. The van der Waals surface area contributed by atoms with E-state index in [-0.39, 0.29) is 12.2 Å². The van der Waals surface area contributed by atoms with Gasteiger partial charge in [-0.05, 0) is 65.9 Å². The van der Waals surface area contributed by atoms with Crippen LogP contribution in [-0.4, -0.2) is 12.2 Å². The Balaban J connectivity index is 1.36. The Morgan fingerprint density at radius 2 is 1.57 bits per heavy atom. The van der Waals surface area contributed by atoms with E-state index in [1.54, 1.807) is 5.57 Å². The van der Waals surface area contributed by atoms with Crippen molar-refractivity contribution in [1.29, 1.82) is 0 Å². The van der Waals surface area contributed by atoms with Crippen LogP contribution in [0.5, 0.6) is 0 Å². The first-order chi connectivity index (χ1) is 13.7. The molecule has 0 aromatic carbocycles. The van der Waals surface area contributed by atoms with Crippen molar-refractivity contribution in [2.45, 2.75) is 58.2 Å². The summed E-state index contributed by atoms with van der Waals surface area (Å²) in [4.78, 5) is 0. The summed E-state index contributed by atoms with van der Waals surface area (Å²) in [6.45, 7) is 4.60. The molecule has 5 aliphatic rings. The molecule has 1 aliphatic heterocycles. The van der Waals surface area contributed by atoms with Crippen LogP contribution >= 0.6 is 0 Å². The lowest BCUT2D eigenvalue weighted by molar-refractivity contribution is 0.0678. The molecule has 1 heteroatoms. The second kappa shape index (κ2) is 7.37. The number of fused-ring (bicyclic) bond motifs is 3. The van der Waals surface area contributed by atoms with Crippen LogP contribution in [-0.2, 0) is 4.74 Å². The quantitative estimate of drug-likeness (QED) is 0.537. The van der Waals surface area contributed by atoms with Crippen molar-refractivity contribution in [3.05, 3.63) is 94.2 Å². The van der Waals surface area contributed by atoms with Gasteiger partial charge in [0, 0.05) is 5.92 Å². The molecule has 144 valence electrons. The molecule has 0 N–H and O–H groups in total. The Kier molecular flexibility index (Phi) is 4.72. The zero-order chi connectivity index (χ0) is 19.1. The molecule has 0 aromatic rings. The van der Waals surface area contributed by atoms with Crippen LogP contribution in [0.2, 0.25) is 0 Å². The van der Waals surface area contributed by atoms with Crippen molar-refractivity contribution in [3.8, 4) is 0 Å². The summed E-state index contributed by atoms with van der Waals surface area (Å²) in [7, 11) is 0. The molecule has 1 heterocycles. The van der Waals surface area contributed by atoms with Crippen LogP contribution in [0, 0.1) is 11.8 Å². The van der Waals surface area contributed by atoms with E-state index in [2.05, 4.69) is 74.6 Å². The minimum atomic E-state index is 0.202. The van der Waals surface area contributed by atoms with E-state index in [0.717, 1.165) is 19.3 Å². The summed E-state index contributed by atoms with van der Waals surface area (Å²) in [6, 6.07) is 0. The molecule has 0 radical (unpaired) electrons. The van der Waals surface area contributed by atoms with Gasteiger partial charge in [-0.15, -0.1) is 0 Å². The fraction of sp³-hybridized carbons (Fsp3) is 0.407. The Bertz CT molecular complexity index is 910. The minimum absolute atomic E-state index is 0.202. The van der Waals surface area contributed by atoms with Gasteiger partial charge in [0.25, 0.3) is 0 Å². The Morgan fingerprint density at radius 1 is 0.821 bits per heavy atom.